The minimum Gasteiger partial charge on any atom is -0.398 e. The zero-order valence-corrected chi connectivity index (χ0v) is 7.94. The first-order chi connectivity index (χ1) is 6.79. The number of pyridine rings is 2. The fraction of sp³-hybridized carbons (Fsp3) is 0.0909. The highest BCUT2D eigenvalue weighted by Crippen LogP contribution is 2.26. The molecule has 0 saturated carbocycles. The van der Waals surface area contributed by atoms with Gasteiger partial charge in [0.2, 0.25) is 0 Å². The SMILES string of the molecule is Cc1nccc(N)c1-c1cccnc1. The Labute approximate surface area is 82.6 Å². The van der Waals surface area contributed by atoms with Crippen LogP contribution in [0, 0.1) is 6.92 Å². The van der Waals surface area contributed by atoms with Crippen LogP contribution in [-0.4, -0.2) is 9.97 Å². The third kappa shape index (κ3) is 1.44. The van der Waals surface area contributed by atoms with E-state index in [4.69, 9.17) is 5.73 Å². The normalized spacial score (nSPS) is 10.1. The predicted octanol–water partition coefficient (Wildman–Crippen LogP) is 2.03. The average Bonchev–Trinajstić information content (AvgIpc) is 2.19. The highest BCUT2D eigenvalue weighted by Gasteiger charge is 2.05. The van der Waals surface area contributed by atoms with E-state index < -0.39 is 0 Å². The lowest BCUT2D eigenvalue weighted by Gasteiger charge is -2.07. The smallest absolute Gasteiger partial charge is 0.0472 e. The van der Waals surface area contributed by atoms with Crippen LogP contribution >= 0.6 is 0 Å². The first-order valence-electron chi connectivity index (χ1n) is 4.40. The summed E-state index contributed by atoms with van der Waals surface area (Å²) in [5.41, 5.74) is 9.54. The molecule has 2 rings (SSSR count). The summed E-state index contributed by atoms with van der Waals surface area (Å²) >= 11 is 0. The third-order valence-corrected chi connectivity index (χ3v) is 2.12. The maximum atomic E-state index is 5.89. The van der Waals surface area contributed by atoms with Crippen molar-refractivity contribution < 1.29 is 0 Å². The molecule has 2 N–H and O–H groups in total. The summed E-state index contributed by atoms with van der Waals surface area (Å²) in [6.45, 7) is 1.94. The van der Waals surface area contributed by atoms with Crippen LogP contribution in [0.25, 0.3) is 11.1 Å². The number of nitrogen functional groups attached to an aromatic ring is 1. The number of aromatic nitrogens is 2. The summed E-state index contributed by atoms with van der Waals surface area (Å²) in [4.78, 5) is 8.27. The summed E-state index contributed by atoms with van der Waals surface area (Å²) in [6.07, 6.45) is 5.25. The van der Waals surface area contributed by atoms with Gasteiger partial charge < -0.3 is 5.73 Å². The lowest BCUT2D eigenvalue weighted by atomic mass is 10.1. The van der Waals surface area contributed by atoms with E-state index in [1.54, 1.807) is 24.7 Å². The van der Waals surface area contributed by atoms with Gasteiger partial charge in [-0.15, -0.1) is 0 Å². The molecule has 0 aliphatic heterocycles. The Kier molecular flexibility index (Phi) is 2.14. The predicted molar refractivity (Wildman–Crippen MR) is 56.6 cm³/mol. The quantitative estimate of drug-likeness (QED) is 0.739. The molecular weight excluding hydrogens is 174 g/mol. The standard InChI is InChI=1S/C11H11N3/c1-8-11(10(12)4-6-14-8)9-3-2-5-13-7-9/h2-7H,1H3,(H2,12,14). The molecule has 0 spiro atoms. The molecule has 0 atom stereocenters. The monoisotopic (exact) mass is 185 g/mol. The first-order valence-corrected chi connectivity index (χ1v) is 4.40. The number of hydrogen-bond acceptors (Lipinski definition) is 3. The molecule has 0 fully saturated rings. The molecule has 0 unspecified atom stereocenters. The molecule has 14 heavy (non-hydrogen) atoms. The molecule has 2 aromatic heterocycles. The maximum Gasteiger partial charge on any atom is 0.0472 e. The molecular formula is C11H11N3. The van der Waals surface area contributed by atoms with Crippen LogP contribution < -0.4 is 5.73 Å². The molecule has 0 aliphatic carbocycles. The van der Waals surface area contributed by atoms with Gasteiger partial charge >= 0.3 is 0 Å². The van der Waals surface area contributed by atoms with Crippen molar-refractivity contribution in [2.75, 3.05) is 5.73 Å². The fourth-order valence-electron chi connectivity index (χ4n) is 1.47. The number of hydrogen-bond donors (Lipinski definition) is 1. The molecule has 2 aromatic rings. The van der Waals surface area contributed by atoms with Gasteiger partial charge in [-0.05, 0) is 19.1 Å². The van der Waals surface area contributed by atoms with E-state index in [9.17, 15) is 0 Å². The third-order valence-electron chi connectivity index (χ3n) is 2.12. The van der Waals surface area contributed by atoms with Gasteiger partial charge in [0.05, 0.1) is 0 Å². The van der Waals surface area contributed by atoms with E-state index in [1.807, 2.05) is 19.1 Å². The Morgan fingerprint density at radius 2 is 2.07 bits per heavy atom. The van der Waals surface area contributed by atoms with Crippen LogP contribution in [0.5, 0.6) is 0 Å². The van der Waals surface area contributed by atoms with Gasteiger partial charge in [0.15, 0.2) is 0 Å². The van der Waals surface area contributed by atoms with Gasteiger partial charge in [0.1, 0.15) is 0 Å². The molecule has 0 aliphatic rings. The van der Waals surface area contributed by atoms with Gasteiger partial charge in [0, 0.05) is 41.1 Å². The van der Waals surface area contributed by atoms with Crippen molar-refractivity contribution in [2.45, 2.75) is 6.92 Å². The summed E-state index contributed by atoms with van der Waals surface area (Å²) in [5.74, 6) is 0. The zero-order chi connectivity index (χ0) is 9.97. The Morgan fingerprint density at radius 1 is 1.21 bits per heavy atom. The van der Waals surface area contributed by atoms with Gasteiger partial charge in [0.25, 0.3) is 0 Å². The minimum absolute atomic E-state index is 0.741. The van der Waals surface area contributed by atoms with E-state index >= 15 is 0 Å². The number of nitrogens with two attached hydrogens (primary N) is 1. The molecule has 2 heterocycles. The summed E-state index contributed by atoms with van der Waals surface area (Å²) < 4.78 is 0. The maximum absolute atomic E-state index is 5.89. The zero-order valence-electron chi connectivity index (χ0n) is 7.94. The minimum atomic E-state index is 0.741. The van der Waals surface area contributed by atoms with Gasteiger partial charge in [-0.3, -0.25) is 9.97 Å². The number of aryl methyl sites for hydroxylation is 1. The van der Waals surface area contributed by atoms with Crippen LogP contribution in [0.15, 0.2) is 36.8 Å². The summed E-state index contributed by atoms with van der Waals surface area (Å²) in [6, 6.07) is 5.67. The van der Waals surface area contributed by atoms with Crippen molar-refractivity contribution in [1.29, 1.82) is 0 Å². The van der Waals surface area contributed by atoms with E-state index in [0.717, 1.165) is 22.5 Å². The van der Waals surface area contributed by atoms with E-state index in [-0.39, 0.29) is 0 Å². The molecule has 0 saturated heterocycles. The van der Waals surface area contributed by atoms with E-state index in [2.05, 4.69) is 9.97 Å². The lowest BCUT2D eigenvalue weighted by Crippen LogP contribution is -1.95. The Morgan fingerprint density at radius 3 is 2.71 bits per heavy atom. The highest BCUT2D eigenvalue weighted by atomic mass is 14.7. The second-order valence-electron chi connectivity index (χ2n) is 3.10. The number of rotatable bonds is 1. The van der Waals surface area contributed by atoms with Crippen LogP contribution in [0.4, 0.5) is 5.69 Å². The fourth-order valence-corrected chi connectivity index (χ4v) is 1.47. The van der Waals surface area contributed by atoms with Crippen molar-refractivity contribution in [3.05, 3.63) is 42.5 Å². The van der Waals surface area contributed by atoms with E-state index in [1.165, 1.54) is 0 Å². The van der Waals surface area contributed by atoms with Crippen molar-refractivity contribution in [1.82, 2.24) is 9.97 Å². The molecule has 3 heteroatoms. The molecule has 70 valence electrons. The second-order valence-corrected chi connectivity index (χ2v) is 3.10. The lowest BCUT2D eigenvalue weighted by molar-refractivity contribution is 1.20. The average molecular weight is 185 g/mol. The van der Waals surface area contributed by atoms with Gasteiger partial charge in [-0.2, -0.15) is 0 Å². The molecule has 3 nitrogen and oxygen atoms in total. The largest absolute Gasteiger partial charge is 0.398 e. The van der Waals surface area contributed by atoms with Crippen molar-refractivity contribution >= 4 is 5.69 Å². The van der Waals surface area contributed by atoms with Crippen molar-refractivity contribution in [3.63, 3.8) is 0 Å². The van der Waals surface area contributed by atoms with Crippen LogP contribution in [0.3, 0.4) is 0 Å². The molecule has 0 aromatic carbocycles. The topological polar surface area (TPSA) is 51.8 Å². The first kappa shape index (κ1) is 8.69. The Bertz CT molecular complexity index is 417. The highest BCUT2D eigenvalue weighted by molar-refractivity contribution is 5.77. The van der Waals surface area contributed by atoms with Gasteiger partial charge in [-0.25, -0.2) is 0 Å². The summed E-state index contributed by atoms with van der Waals surface area (Å²) in [7, 11) is 0. The van der Waals surface area contributed by atoms with Gasteiger partial charge in [-0.1, -0.05) is 6.07 Å². The van der Waals surface area contributed by atoms with Crippen LogP contribution in [0.2, 0.25) is 0 Å². The van der Waals surface area contributed by atoms with Crippen molar-refractivity contribution in [2.24, 2.45) is 0 Å². The Hall–Kier alpha value is -1.90. The molecule has 0 bridgehead atoms. The molecule has 0 radical (unpaired) electrons. The molecule has 0 amide bonds. The van der Waals surface area contributed by atoms with Crippen LogP contribution in [-0.2, 0) is 0 Å². The van der Waals surface area contributed by atoms with Crippen molar-refractivity contribution in [3.8, 4) is 11.1 Å². The summed E-state index contributed by atoms with van der Waals surface area (Å²) in [5, 5.41) is 0. The number of anilines is 1. The van der Waals surface area contributed by atoms with Crippen LogP contribution in [0.1, 0.15) is 5.69 Å². The Balaban J connectivity index is 2.63. The van der Waals surface area contributed by atoms with E-state index in [0.29, 0.717) is 0 Å². The second kappa shape index (κ2) is 3.46. The number of nitrogens with zero attached hydrogens (tertiary/aromatic N) is 2.